The molecule has 2 aromatic heterocycles. The molecular formula is C22H19N3O2. The van der Waals surface area contributed by atoms with Crippen LogP contribution < -0.4 is 10.1 Å². The van der Waals surface area contributed by atoms with Crippen molar-refractivity contribution < 1.29 is 9.53 Å². The van der Waals surface area contributed by atoms with Gasteiger partial charge in [0.2, 0.25) is 5.91 Å². The molecule has 5 rings (SSSR count). The molecule has 2 N–H and O–H groups in total. The largest absolute Gasteiger partial charge is 0.497 e. The van der Waals surface area contributed by atoms with Crippen LogP contribution in [0.4, 0.5) is 5.69 Å². The number of hydrogen-bond donors (Lipinski definition) is 2. The monoisotopic (exact) mass is 357 g/mol. The first kappa shape index (κ1) is 15.9. The predicted molar refractivity (Wildman–Crippen MR) is 106 cm³/mol. The van der Waals surface area contributed by atoms with E-state index in [0.717, 1.165) is 51.6 Å². The van der Waals surface area contributed by atoms with Crippen molar-refractivity contribution in [2.75, 3.05) is 12.4 Å². The number of aromatic amines is 1. The Balaban J connectivity index is 1.53. The van der Waals surface area contributed by atoms with Gasteiger partial charge in [-0.1, -0.05) is 18.2 Å². The highest BCUT2D eigenvalue weighted by atomic mass is 16.5. The molecule has 1 aliphatic carbocycles. The number of fused-ring (bicyclic) bond motifs is 2. The van der Waals surface area contributed by atoms with E-state index in [4.69, 9.17) is 4.74 Å². The van der Waals surface area contributed by atoms with Crippen LogP contribution in [0, 0.1) is 0 Å². The maximum absolute atomic E-state index is 13.3. The highest BCUT2D eigenvalue weighted by Gasteiger charge is 2.52. The average molecular weight is 357 g/mol. The van der Waals surface area contributed by atoms with Crippen LogP contribution in [0.15, 0.2) is 60.9 Å². The smallest absolute Gasteiger partial charge is 0.235 e. The second-order valence-electron chi connectivity index (χ2n) is 7.03. The van der Waals surface area contributed by atoms with Crippen LogP contribution in [0.2, 0.25) is 0 Å². The first-order chi connectivity index (χ1) is 13.2. The zero-order chi connectivity index (χ0) is 18.4. The summed E-state index contributed by atoms with van der Waals surface area (Å²) in [6, 6.07) is 15.6. The Morgan fingerprint density at radius 1 is 1.19 bits per heavy atom. The minimum Gasteiger partial charge on any atom is -0.497 e. The molecular weight excluding hydrogens is 338 g/mol. The molecule has 4 aromatic rings. The van der Waals surface area contributed by atoms with Crippen LogP contribution in [0.1, 0.15) is 18.4 Å². The molecule has 1 aliphatic rings. The Morgan fingerprint density at radius 2 is 2.04 bits per heavy atom. The summed E-state index contributed by atoms with van der Waals surface area (Å²) in [5.41, 5.74) is 3.10. The standard InChI is InChI=1S/C22H19N3O2/c1-27-15-7-8-18-16(12-15)17(13-24-18)22(9-10-22)21(26)25-19-6-2-4-14-5-3-11-23-20(14)19/h2-8,11-13,24H,9-10H2,1H3,(H,25,26). The summed E-state index contributed by atoms with van der Waals surface area (Å²) in [7, 11) is 1.65. The number of para-hydroxylation sites is 1. The van der Waals surface area contributed by atoms with Crippen LogP contribution in [0.25, 0.3) is 21.8 Å². The van der Waals surface area contributed by atoms with E-state index < -0.39 is 5.41 Å². The number of nitrogens with zero attached hydrogens (tertiary/aromatic N) is 1. The van der Waals surface area contributed by atoms with E-state index in [1.165, 1.54) is 0 Å². The van der Waals surface area contributed by atoms with Crippen LogP contribution in [0.3, 0.4) is 0 Å². The highest BCUT2D eigenvalue weighted by Crippen LogP contribution is 2.51. The molecule has 134 valence electrons. The summed E-state index contributed by atoms with van der Waals surface area (Å²) in [6.45, 7) is 0. The van der Waals surface area contributed by atoms with Crippen molar-refractivity contribution in [2.45, 2.75) is 18.3 Å². The van der Waals surface area contributed by atoms with Gasteiger partial charge >= 0.3 is 0 Å². The van der Waals surface area contributed by atoms with Crippen LogP contribution >= 0.6 is 0 Å². The number of anilines is 1. The molecule has 2 aromatic carbocycles. The minimum absolute atomic E-state index is 0.0179. The number of pyridine rings is 1. The lowest BCUT2D eigenvalue weighted by atomic mass is 9.94. The third-order valence-electron chi connectivity index (χ3n) is 5.47. The van der Waals surface area contributed by atoms with Crippen molar-refractivity contribution >= 4 is 33.4 Å². The fourth-order valence-corrected chi connectivity index (χ4v) is 3.81. The van der Waals surface area contributed by atoms with E-state index in [0.29, 0.717) is 0 Å². The number of carbonyl (C=O) groups is 1. The number of amides is 1. The molecule has 0 bridgehead atoms. The van der Waals surface area contributed by atoms with Crippen LogP contribution in [-0.4, -0.2) is 23.0 Å². The van der Waals surface area contributed by atoms with Gasteiger partial charge in [-0.25, -0.2) is 0 Å². The Labute approximate surface area is 156 Å². The number of aromatic nitrogens is 2. The number of rotatable bonds is 4. The van der Waals surface area contributed by atoms with E-state index in [1.807, 2.05) is 54.7 Å². The number of H-pyrrole nitrogens is 1. The summed E-state index contributed by atoms with van der Waals surface area (Å²) >= 11 is 0. The lowest BCUT2D eigenvalue weighted by Crippen LogP contribution is -2.27. The number of carbonyl (C=O) groups excluding carboxylic acids is 1. The summed E-state index contributed by atoms with van der Waals surface area (Å²) in [5.74, 6) is 0.808. The van der Waals surface area contributed by atoms with Crippen molar-refractivity contribution in [3.63, 3.8) is 0 Å². The Bertz CT molecular complexity index is 1170. The van der Waals surface area contributed by atoms with Crippen LogP contribution in [-0.2, 0) is 10.2 Å². The second-order valence-corrected chi connectivity index (χ2v) is 7.03. The van der Waals surface area contributed by atoms with E-state index in [1.54, 1.807) is 13.3 Å². The van der Waals surface area contributed by atoms with Crippen molar-refractivity contribution in [2.24, 2.45) is 0 Å². The number of ether oxygens (including phenoxy) is 1. The van der Waals surface area contributed by atoms with E-state index in [2.05, 4.69) is 15.3 Å². The van der Waals surface area contributed by atoms with Crippen LogP contribution in [0.5, 0.6) is 5.75 Å². The summed E-state index contributed by atoms with van der Waals surface area (Å²) < 4.78 is 5.36. The van der Waals surface area contributed by atoms with Crippen molar-refractivity contribution in [3.8, 4) is 5.75 Å². The third kappa shape index (κ3) is 2.46. The van der Waals surface area contributed by atoms with Gasteiger partial charge in [0, 0.05) is 28.7 Å². The van der Waals surface area contributed by atoms with Gasteiger partial charge in [-0.05, 0) is 48.7 Å². The molecule has 1 amide bonds. The molecule has 0 unspecified atom stereocenters. The molecule has 1 saturated carbocycles. The second kappa shape index (κ2) is 5.84. The normalized spacial score (nSPS) is 15.0. The fourth-order valence-electron chi connectivity index (χ4n) is 3.81. The van der Waals surface area contributed by atoms with Crippen molar-refractivity contribution in [1.82, 2.24) is 9.97 Å². The van der Waals surface area contributed by atoms with Gasteiger partial charge in [0.05, 0.1) is 23.7 Å². The average Bonchev–Trinajstić information content (AvgIpc) is 3.41. The molecule has 5 nitrogen and oxygen atoms in total. The Kier molecular flexibility index (Phi) is 3.44. The van der Waals surface area contributed by atoms with E-state index >= 15 is 0 Å². The van der Waals surface area contributed by atoms with Gasteiger partial charge in [0.1, 0.15) is 5.75 Å². The van der Waals surface area contributed by atoms with Gasteiger partial charge in [-0.2, -0.15) is 0 Å². The summed E-state index contributed by atoms with van der Waals surface area (Å²) in [4.78, 5) is 21.0. The molecule has 2 heterocycles. The summed E-state index contributed by atoms with van der Waals surface area (Å²) in [5, 5.41) is 5.17. The topological polar surface area (TPSA) is 67.0 Å². The number of nitrogens with one attached hydrogen (secondary N) is 2. The lowest BCUT2D eigenvalue weighted by Gasteiger charge is -2.16. The first-order valence-electron chi connectivity index (χ1n) is 9.02. The number of benzene rings is 2. The molecule has 0 radical (unpaired) electrons. The van der Waals surface area contributed by atoms with Crippen molar-refractivity contribution in [3.05, 3.63) is 66.5 Å². The van der Waals surface area contributed by atoms with Crippen molar-refractivity contribution in [1.29, 1.82) is 0 Å². The number of hydrogen-bond acceptors (Lipinski definition) is 3. The number of methoxy groups -OCH3 is 1. The van der Waals surface area contributed by atoms with Gasteiger partial charge < -0.3 is 15.0 Å². The third-order valence-corrected chi connectivity index (χ3v) is 5.47. The van der Waals surface area contributed by atoms with Gasteiger partial charge in [0.15, 0.2) is 0 Å². The molecule has 27 heavy (non-hydrogen) atoms. The van der Waals surface area contributed by atoms with Gasteiger partial charge in [-0.3, -0.25) is 9.78 Å². The predicted octanol–water partition coefficient (Wildman–Crippen LogP) is 4.40. The van der Waals surface area contributed by atoms with Gasteiger partial charge in [0.25, 0.3) is 0 Å². The molecule has 0 spiro atoms. The molecule has 0 saturated heterocycles. The highest BCUT2D eigenvalue weighted by molar-refractivity contribution is 6.08. The maximum Gasteiger partial charge on any atom is 0.235 e. The van der Waals surface area contributed by atoms with E-state index in [9.17, 15) is 4.79 Å². The van der Waals surface area contributed by atoms with E-state index in [-0.39, 0.29) is 5.91 Å². The quantitative estimate of drug-likeness (QED) is 0.569. The first-order valence-corrected chi connectivity index (χ1v) is 9.02. The zero-order valence-electron chi connectivity index (χ0n) is 15.0. The lowest BCUT2D eigenvalue weighted by molar-refractivity contribution is -0.118. The minimum atomic E-state index is -0.498. The molecule has 5 heteroatoms. The zero-order valence-corrected chi connectivity index (χ0v) is 15.0. The fraction of sp³-hybridized carbons (Fsp3) is 0.182. The molecule has 0 aliphatic heterocycles. The maximum atomic E-state index is 13.3. The summed E-state index contributed by atoms with van der Waals surface area (Å²) in [6.07, 6.45) is 5.37. The Hall–Kier alpha value is -3.34. The van der Waals surface area contributed by atoms with Gasteiger partial charge in [-0.15, -0.1) is 0 Å². The SMILES string of the molecule is COc1ccc2[nH]cc(C3(C(=O)Nc4cccc5cccnc45)CC3)c2c1. The Morgan fingerprint density at radius 3 is 2.85 bits per heavy atom. The molecule has 0 atom stereocenters. The molecule has 1 fully saturated rings.